The van der Waals surface area contributed by atoms with E-state index in [1.165, 1.54) is 11.1 Å². The first kappa shape index (κ1) is 21.1. The van der Waals surface area contributed by atoms with Crippen molar-refractivity contribution in [2.24, 2.45) is 5.92 Å². The normalized spacial score (nSPS) is 20.5. The first-order chi connectivity index (χ1) is 14.4. The molecule has 1 aliphatic carbocycles. The van der Waals surface area contributed by atoms with Gasteiger partial charge in [-0.05, 0) is 55.7 Å². The summed E-state index contributed by atoms with van der Waals surface area (Å²) >= 11 is 0. The summed E-state index contributed by atoms with van der Waals surface area (Å²) < 4.78 is 27.2. The van der Waals surface area contributed by atoms with Crippen LogP contribution < -0.4 is 5.32 Å². The molecule has 2 aromatic carbocycles. The van der Waals surface area contributed by atoms with Crippen LogP contribution in [0.4, 0.5) is 0 Å². The molecule has 0 bridgehead atoms. The molecule has 1 heterocycles. The van der Waals surface area contributed by atoms with Gasteiger partial charge in [0.05, 0.1) is 11.8 Å². The van der Waals surface area contributed by atoms with Crippen molar-refractivity contribution < 1.29 is 13.2 Å². The van der Waals surface area contributed by atoms with Crippen LogP contribution in [-0.4, -0.2) is 31.7 Å². The molecule has 0 radical (unpaired) electrons. The SMILES string of the molecule is Cc1cccc(CS(=O)(=O)N2CCC(C(=O)NC3CCCc4ccccc43)CC2)c1. The number of fused-ring (bicyclic) bond motifs is 1. The van der Waals surface area contributed by atoms with Crippen molar-refractivity contribution in [2.45, 2.75) is 50.8 Å². The summed E-state index contributed by atoms with van der Waals surface area (Å²) in [7, 11) is -3.37. The zero-order valence-electron chi connectivity index (χ0n) is 17.5. The van der Waals surface area contributed by atoms with Crippen LogP contribution in [0.25, 0.3) is 0 Å². The van der Waals surface area contributed by atoms with Gasteiger partial charge in [-0.25, -0.2) is 12.7 Å². The second-order valence-corrected chi connectivity index (χ2v) is 10.5. The molecule has 0 aromatic heterocycles. The molecular weight excluding hydrogens is 396 g/mol. The number of nitrogens with one attached hydrogen (secondary N) is 1. The largest absolute Gasteiger partial charge is 0.349 e. The van der Waals surface area contributed by atoms with Crippen molar-refractivity contribution >= 4 is 15.9 Å². The summed E-state index contributed by atoms with van der Waals surface area (Å²) in [6, 6.07) is 16.0. The number of hydrogen-bond acceptors (Lipinski definition) is 3. The highest BCUT2D eigenvalue weighted by molar-refractivity contribution is 7.88. The number of hydrogen-bond donors (Lipinski definition) is 1. The van der Waals surface area contributed by atoms with E-state index in [1.807, 2.05) is 37.3 Å². The van der Waals surface area contributed by atoms with Crippen molar-refractivity contribution in [3.05, 3.63) is 70.8 Å². The van der Waals surface area contributed by atoms with Crippen molar-refractivity contribution in [3.63, 3.8) is 0 Å². The Morgan fingerprint density at radius 1 is 1.07 bits per heavy atom. The van der Waals surface area contributed by atoms with E-state index in [9.17, 15) is 13.2 Å². The van der Waals surface area contributed by atoms with Gasteiger partial charge < -0.3 is 5.32 Å². The number of benzene rings is 2. The summed E-state index contributed by atoms with van der Waals surface area (Å²) in [5.41, 5.74) is 4.43. The van der Waals surface area contributed by atoms with Crippen LogP contribution >= 0.6 is 0 Å². The minimum absolute atomic E-state index is 0.0183. The van der Waals surface area contributed by atoms with Crippen molar-refractivity contribution in [3.8, 4) is 0 Å². The molecule has 1 aliphatic heterocycles. The topological polar surface area (TPSA) is 66.5 Å². The molecule has 2 aliphatic rings. The number of nitrogens with zero attached hydrogens (tertiary/aromatic N) is 1. The van der Waals surface area contributed by atoms with E-state index < -0.39 is 10.0 Å². The van der Waals surface area contributed by atoms with E-state index in [0.29, 0.717) is 25.9 Å². The number of carbonyl (C=O) groups is 1. The maximum Gasteiger partial charge on any atom is 0.223 e. The number of rotatable bonds is 5. The van der Waals surface area contributed by atoms with Crippen LogP contribution in [0.15, 0.2) is 48.5 Å². The van der Waals surface area contributed by atoms with Gasteiger partial charge in [0.15, 0.2) is 0 Å². The van der Waals surface area contributed by atoms with Crippen LogP contribution in [0.5, 0.6) is 0 Å². The zero-order valence-corrected chi connectivity index (χ0v) is 18.3. The molecule has 4 rings (SSSR count). The summed E-state index contributed by atoms with van der Waals surface area (Å²) in [6.07, 6.45) is 4.27. The summed E-state index contributed by atoms with van der Waals surface area (Å²) in [6.45, 7) is 2.78. The third-order valence-electron chi connectivity index (χ3n) is 6.34. The van der Waals surface area contributed by atoms with Gasteiger partial charge in [-0.3, -0.25) is 4.79 Å². The summed E-state index contributed by atoms with van der Waals surface area (Å²) in [5.74, 6) is -0.0401. The molecule has 6 heteroatoms. The zero-order chi connectivity index (χ0) is 21.1. The predicted octanol–water partition coefficient (Wildman–Crippen LogP) is 3.73. The Hall–Kier alpha value is -2.18. The smallest absolute Gasteiger partial charge is 0.223 e. The lowest BCUT2D eigenvalue weighted by molar-refractivity contribution is -0.127. The number of piperidine rings is 1. The third-order valence-corrected chi connectivity index (χ3v) is 8.19. The molecule has 2 aromatic rings. The molecule has 30 heavy (non-hydrogen) atoms. The lowest BCUT2D eigenvalue weighted by atomic mass is 9.87. The van der Waals surface area contributed by atoms with Crippen LogP contribution in [0.3, 0.4) is 0 Å². The number of aryl methyl sites for hydroxylation is 2. The average molecular weight is 427 g/mol. The van der Waals surface area contributed by atoms with E-state index in [0.717, 1.165) is 30.4 Å². The van der Waals surface area contributed by atoms with Crippen LogP contribution in [0, 0.1) is 12.8 Å². The van der Waals surface area contributed by atoms with Gasteiger partial charge in [-0.15, -0.1) is 0 Å². The molecule has 1 saturated heterocycles. The lowest BCUT2D eigenvalue weighted by Gasteiger charge is -2.32. The molecule has 5 nitrogen and oxygen atoms in total. The standard InChI is InChI=1S/C24H30N2O3S/c1-18-6-4-7-19(16-18)17-30(28,29)26-14-12-21(13-15-26)24(27)25-23-11-5-9-20-8-2-3-10-22(20)23/h2-4,6-8,10,16,21,23H,5,9,11-15,17H2,1H3,(H,25,27). The van der Waals surface area contributed by atoms with Crippen molar-refractivity contribution in [2.75, 3.05) is 13.1 Å². The maximum absolute atomic E-state index is 12.9. The van der Waals surface area contributed by atoms with E-state index >= 15 is 0 Å². The highest BCUT2D eigenvalue weighted by atomic mass is 32.2. The van der Waals surface area contributed by atoms with E-state index in [4.69, 9.17) is 0 Å². The van der Waals surface area contributed by atoms with Gasteiger partial charge in [0.2, 0.25) is 15.9 Å². The Balaban J connectivity index is 1.34. The highest BCUT2D eigenvalue weighted by Crippen LogP contribution is 2.30. The number of sulfonamides is 1. The monoisotopic (exact) mass is 426 g/mol. The predicted molar refractivity (Wildman–Crippen MR) is 118 cm³/mol. The maximum atomic E-state index is 12.9. The Bertz CT molecular complexity index is 1010. The van der Waals surface area contributed by atoms with Gasteiger partial charge in [-0.2, -0.15) is 0 Å². The van der Waals surface area contributed by atoms with Crippen LogP contribution in [-0.2, 0) is 27.0 Å². The molecule has 1 atom stereocenters. The first-order valence-corrected chi connectivity index (χ1v) is 12.4. The molecule has 1 N–H and O–H groups in total. The van der Waals surface area contributed by atoms with Crippen molar-refractivity contribution in [1.29, 1.82) is 0 Å². The Morgan fingerprint density at radius 2 is 1.83 bits per heavy atom. The average Bonchev–Trinajstić information content (AvgIpc) is 2.74. The fourth-order valence-electron chi connectivity index (χ4n) is 4.69. The van der Waals surface area contributed by atoms with Gasteiger partial charge in [0, 0.05) is 19.0 Å². The Labute approximate surface area is 179 Å². The second-order valence-electron chi connectivity index (χ2n) is 8.57. The quantitative estimate of drug-likeness (QED) is 0.792. The minimum atomic E-state index is -3.37. The highest BCUT2D eigenvalue weighted by Gasteiger charge is 2.32. The van der Waals surface area contributed by atoms with Gasteiger partial charge in [0.25, 0.3) is 0 Å². The lowest BCUT2D eigenvalue weighted by Crippen LogP contribution is -2.44. The first-order valence-electron chi connectivity index (χ1n) is 10.8. The second kappa shape index (κ2) is 8.90. The molecular formula is C24H30N2O3S. The minimum Gasteiger partial charge on any atom is -0.349 e. The molecule has 0 spiro atoms. The van der Waals surface area contributed by atoms with E-state index in [-0.39, 0.29) is 23.6 Å². The number of carbonyl (C=O) groups excluding carboxylic acids is 1. The van der Waals surface area contributed by atoms with Gasteiger partial charge >= 0.3 is 0 Å². The number of amides is 1. The van der Waals surface area contributed by atoms with E-state index in [2.05, 4.69) is 23.5 Å². The Kier molecular flexibility index (Phi) is 6.25. The molecule has 0 saturated carbocycles. The van der Waals surface area contributed by atoms with E-state index in [1.54, 1.807) is 4.31 Å². The molecule has 1 amide bonds. The molecule has 160 valence electrons. The van der Waals surface area contributed by atoms with Crippen LogP contribution in [0.2, 0.25) is 0 Å². The summed E-state index contributed by atoms with van der Waals surface area (Å²) in [5, 5.41) is 3.24. The fourth-order valence-corrected chi connectivity index (χ4v) is 6.24. The fraction of sp³-hybridized carbons (Fsp3) is 0.458. The van der Waals surface area contributed by atoms with Gasteiger partial charge in [-0.1, -0.05) is 54.1 Å². The molecule has 1 unspecified atom stereocenters. The van der Waals surface area contributed by atoms with Crippen molar-refractivity contribution in [1.82, 2.24) is 9.62 Å². The molecule has 1 fully saturated rings. The Morgan fingerprint density at radius 3 is 2.60 bits per heavy atom. The third kappa shape index (κ3) is 4.76. The van der Waals surface area contributed by atoms with Crippen LogP contribution in [0.1, 0.15) is 54.0 Å². The van der Waals surface area contributed by atoms with Gasteiger partial charge in [0.1, 0.15) is 0 Å². The summed E-state index contributed by atoms with van der Waals surface area (Å²) in [4.78, 5) is 12.9.